The predicted octanol–water partition coefficient (Wildman–Crippen LogP) is 4.15. The van der Waals surface area contributed by atoms with Gasteiger partial charge in [0, 0.05) is 25.6 Å². The van der Waals surface area contributed by atoms with E-state index in [2.05, 4.69) is 26.5 Å². The van der Waals surface area contributed by atoms with Gasteiger partial charge < -0.3 is 10.2 Å². The molecule has 2 aromatic heterocycles. The Morgan fingerprint density at radius 2 is 1.94 bits per heavy atom. The van der Waals surface area contributed by atoms with E-state index in [1.54, 1.807) is 22.7 Å². The number of halogens is 1. The van der Waals surface area contributed by atoms with Gasteiger partial charge in [-0.1, -0.05) is 23.8 Å². The highest BCUT2D eigenvalue weighted by Crippen LogP contribution is 2.25. The number of carbonyl (C=O) groups is 1. The molecule has 1 aliphatic heterocycles. The molecule has 8 heteroatoms. The third kappa shape index (κ3) is 4.74. The standard InChI is InChI=1S/C25H29FN6O/c26-21-9-5-4-8-20(21)24-29-28-22-10-11-23(30-32(22)24)31-16-13-19(14-17-31)25(33)27-15-12-18-6-2-1-3-7-18/h4-6,8-11,19H,1-3,7,12-17H2,(H,27,33). The van der Waals surface area contributed by atoms with E-state index < -0.39 is 0 Å². The van der Waals surface area contributed by atoms with Crippen LogP contribution in [0.25, 0.3) is 17.0 Å². The molecule has 1 aliphatic carbocycles. The number of benzene rings is 1. The van der Waals surface area contributed by atoms with Crippen LogP contribution in [0.4, 0.5) is 10.2 Å². The van der Waals surface area contributed by atoms with Crippen LogP contribution in [-0.4, -0.2) is 45.4 Å². The van der Waals surface area contributed by atoms with E-state index in [1.807, 2.05) is 12.1 Å². The van der Waals surface area contributed by atoms with Crippen molar-refractivity contribution in [3.8, 4) is 11.4 Å². The lowest BCUT2D eigenvalue weighted by molar-refractivity contribution is -0.125. The summed E-state index contributed by atoms with van der Waals surface area (Å²) in [6.07, 6.45) is 9.80. The monoisotopic (exact) mass is 448 g/mol. The van der Waals surface area contributed by atoms with Crippen LogP contribution in [0.1, 0.15) is 44.9 Å². The molecular formula is C25H29FN6O. The highest BCUT2D eigenvalue weighted by Gasteiger charge is 2.26. The lowest BCUT2D eigenvalue weighted by Crippen LogP contribution is -2.41. The molecule has 0 saturated carbocycles. The first kappa shape index (κ1) is 21.6. The number of hydrogen-bond acceptors (Lipinski definition) is 5. The molecule has 3 heterocycles. The fourth-order valence-electron chi connectivity index (χ4n) is 4.75. The molecule has 0 radical (unpaired) electrons. The third-order valence-corrected chi connectivity index (χ3v) is 6.68. The first-order chi connectivity index (χ1) is 16.2. The number of amides is 1. The average Bonchev–Trinajstić information content (AvgIpc) is 3.28. The molecular weight excluding hydrogens is 419 g/mol. The number of fused-ring (bicyclic) bond motifs is 1. The molecule has 2 aliphatic rings. The van der Waals surface area contributed by atoms with Gasteiger partial charge in [-0.3, -0.25) is 4.79 Å². The van der Waals surface area contributed by atoms with E-state index in [0.29, 0.717) is 17.0 Å². The van der Waals surface area contributed by atoms with Crippen molar-refractivity contribution in [2.45, 2.75) is 44.9 Å². The fraction of sp³-hybridized carbons (Fsp3) is 0.440. The number of piperidine rings is 1. The van der Waals surface area contributed by atoms with Crippen LogP contribution in [0.5, 0.6) is 0 Å². The number of allylic oxidation sites excluding steroid dienone is 1. The van der Waals surface area contributed by atoms with E-state index >= 15 is 0 Å². The van der Waals surface area contributed by atoms with Gasteiger partial charge in [-0.15, -0.1) is 15.3 Å². The van der Waals surface area contributed by atoms with Gasteiger partial charge in [0.2, 0.25) is 5.91 Å². The molecule has 0 atom stereocenters. The summed E-state index contributed by atoms with van der Waals surface area (Å²) in [6.45, 7) is 2.23. The highest BCUT2D eigenvalue weighted by atomic mass is 19.1. The van der Waals surface area contributed by atoms with Crippen LogP contribution in [0.15, 0.2) is 48.0 Å². The van der Waals surface area contributed by atoms with E-state index in [9.17, 15) is 9.18 Å². The first-order valence-electron chi connectivity index (χ1n) is 11.9. The SMILES string of the molecule is O=C(NCCC1=CCCCC1)C1CCN(c2ccc3nnc(-c4ccccc4F)n3n2)CC1. The zero-order valence-corrected chi connectivity index (χ0v) is 18.7. The second-order valence-corrected chi connectivity index (χ2v) is 8.88. The normalized spacial score (nSPS) is 17.2. The molecule has 1 amide bonds. The van der Waals surface area contributed by atoms with Gasteiger partial charge in [0.1, 0.15) is 11.6 Å². The van der Waals surface area contributed by atoms with Gasteiger partial charge in [-0.2, -0.15) is 4.52 Å². The number of rotatable bonds is 6. The maximum atomic E-state index is 14.3. The summed E-state index contributed by atoms with van der Waals surface area (Å²) in [5.41, 5.74) is 2.43. The maximum absolute atomic E-state index is 14.3. The van der Waals surface area contributed by atoms with Gasteiger partial charge in [0.05, 0.1) is 5.56 Å². The molecule has 1 fully saturated rings. The molecule has 0 bridgehead atoms. The smallest absolute Gasteiger partial charge is 0.223 e. The number of nitrogens with one attached hydrogen (secondary N) is 1. The summed E-state index contributed by atoms with van der Waals surface area (Å²) in [7, 11) is 0. The summed E-state index contributed by atoms with van der Waals surface area (Å²) in [4.78, 5) is 14.8. The molecule has 0 spiro atoms. The second-order valence-electron chi connectivity index (χ2n) is 8.88. The summed E-state index contributed by atoms with van der Waals surface area (Å²) >= 11 is 0. The predicted molar refractivity (Wildman–Crippen MR) is 125 cm³/mol. The molecule has 1 aromatic carbocycles. The summed E-state index contributed by atoms with van der Waals surface area (Å²) in [5.74, 6) is 1.00. The lowest BCUT2D eigenvalue weighted by Gasteiger charge is -2.32. The highest BCUT2D eigenvalue weighted by molar-refractivity contribution is 5.79. The van der Waals surface area contributed by atoms with Crippen molar-refractivity contribution >= 4 is 17.4 Å². The van der Waals surface area contributed by atoms with Gasteiger partial charge in [-0.25, -0.2) is 4.39 Å². The van der Waals surface area contributed by atoms with Crippen molar-refractivity contribution < 1.29 is 9.18 Å². The number of anilines is 1. The Kier molecular flexibility index (Phi) is 6.32. The van der Waals surface area contributed by atoms with Crippen LogP contribution in [-0.2, 0) is 4.79 Å². The van der Waals surface area contributed by atoms with Crippen molar-refractivity contribution in [3.63, 3.8) is 0 Å². The molecule has 3 aromatic rings. The zero-order valence-electron chi connectivity index (χ0n) is 18.7. The van der Waals surface area contributed by atoms with Gasteiger partial charge in [0.25, 0.3) is 0 Å². The van der Waals surface area contributed by atoms with Crippen LogP contribution in [0.3, 0.4) is 0 Å². The lowest BCUT2D eigenvalue weighted by atomic mass is 9.95. The molecule has 1 N–H and O–H groups in total. The van der Waals surface area contributed by atoms with Crippen LogP contribution >= 0.6 is 0 Å². The minimum atomic E-state index is -0.356. The minimum Gasteiger partial charge on any atom is -0.356 e. The average molecular weight is 449 g/mol. The zero-order chi connectivity index (χ0) is 22.6. The summed E-state index contributed by atoms with van der Waals surface area (Å²) < 4.78 is 15.9. The minimum absolute atomic E-state index is 0.0363. The number of carbonyl (C=O) groups excluding carboxylic acids is 1. The Hall–Kier alpha value is -3.29. The Morgan fingerprint density at radius 1 is 1.09 bits per heavy atom. The molecule has 172 valence electrons. The van der Waals surface area contributed by atoms with E-state index in [-0.39, 0.29) is 17.6 Å². The van der Waals surface area contributed by atoms with Crippen molar-refractivity contribution in [3.05, 3.63) is 53.9 Å². The number of nitrogens with zero attached hydrogens (tertiary/aromatic N) is 5. The van der Waals surface area contributed by atoms with E-state index in [4.69, 9.17) is 5.10 Å². The Bertz CT molecular complexity index is 1160. The van der Waals surface area contributed by atoms with Crippen molar-refractivity contribution in [2.75, 3.05) is 24.5 Å². The van der Waals surface area contributed by atoms with Gasteiger partial charge in [0.15, 0.2) is 11.5 Å². The van der Waals surface area contributed by atoms with Crippen LogP contribution < -0.4 is 10.2 Å². The first-order valence-corrected chi connectivity index (χ1v) is 11.9. The number of aromatic nitrogens is 4. The Morgan fingerprint density at radius 3 is 2.73 bits per heavy atom. The molecule has 7 nitrogen and oxygen atoms in total. The van der Waals surface area contributed by atoms with E-state index in [0.717, 1.165) is 44.7 Å². The van der Waals surface area contributed by atoms with Gasteiger partial charge >= 0.3 is 0 Å². The molecule has 0 unspecified atom stereocenters. The van der Waals surface area contributed by atoms with Crippen molar-refractivity contribution in [2.24, 2.45) is 5.92 Å². The quantitative estimate of drug-likeness (QED) is 0.574. The molecule has 5 rings (SSSR count). The van der Waals surface area contributed by atoms with E-state index in [1.165, 1.54) is 37.3 Å². The second kappa shape index (κ2) is 9.68. The van der Waals surface area contributed by atoms with Crippen LogP contribution in [0.2, 0.25) is 0 Å². The maximum Gasteiger partial charge on any atom is 0.223 e. The van der Waals surface area contributed by atoms with Crippen molar-refractivity contribution in [1.82, 2.24) is 25.1 Å². The Labute approximate surface area is 192 Å². The fourth-order valence-corrected chi connectivity index (χ4v) is 4.75. The van der Waals surface area contributed by atoms with Gasteiger partial charge in [-0.05, 0) is 69.2 Å². The van der Waals surface area contributed by atoms with Crippen LogP contribution in [0, 0.1) is 11.7 Å². The molecule has 1 saturated heterocycles. The van der Waals surface area contributed by atoms with Crippen molar-refractivity contribution in [1.29, 1.82) is 0 Å². The summed E-state index contributed by atoms with van der Waals surface area (Å²) in [6, 6.07) is 10.3. The molecule has 33 heavy (non-hydrogen) atoms. The topological polar surface area (TPSA) is 75.4 Å². The Balaban J connectivity index is 1.20. The largest absolute Gasteiger partial charge is 0.356 e. The number of hydrogen-bond donors (Lipinski definition) is 1. The third-order valence-electron chi connectivity index (χ3n) is 6.68. The summed E-state index contributed by atoms with van der Waals surface area (Å²) in [5, 5.41) is 16.1.